The fourth-order valence-electron chi connectivity index (χ4n) is 2.99. The predicted octanol–water partition coefficient (Wildman–Crippen LogP) is 6.51. The molecule has 0 saturated heterocycles. The third kappa shape index (κ3) is 3.16. The third-order valence-electron chi connectivity index (χ3n) is 4.19. The lowest BCUT2D eigenvalue weighted by atomic mass is 9.99. The normalized spacial score (nSPS) is 11.1. The van der Waals surface area contributed by atoms with Gasteiger partial charge in [-0.15, -0.1) is 11.3 Å². The molecule has 6 heteroatoms. The Labute approximate surface area is 159 Å². The molecule has 0 amide bonds. The maximum Gasteiger partial charge on any atom is 0.225 e. The zero-order valence-electron chi connectivity index (χ0n) is 14.2. The van der Waals surface area contributed by atoms with E-state index in [4.69, 9.17) is 11.6 Å². The SMILES string of the molecule is Cc1ccc(-c2csc3nc(Cl)nc(Nc4ccc(F)cc4)c23)c(C)c1. The van der Waals surface area contributed by atoms with Gasteiger partial charge in [-0.05, 0) is 60.8 Å². The van der Waals surface area contributed by atoms with Crippen LogP contribution in [0.1, 0.15) is 11.1 Å². The number of nitrogens with zero attached hydrogens (tertiary/aromatic N) is 2. The third-order valence-corrected chi connectivity index (χ3v) is 5.23. The van der Waals surface area contributed by atoms with E-state index in [2.05, 4.69) is 52.7 Å². The predicted molar refractivity (Wildman–Crippen MR) is 107 cm³/mol. The number of aromatic nitrogens is 2. The van der Waals surface area contributed by atoms with E-state index in [1.54, 1.807) is 12.1 Å². The number of benzene rings is 2. The number of anilines is 2. The highest BCUT2D eigenvalue weighted by Crippen LogP contribution is 2.39. The van der Waals surface area contributed by atoms with Gasteiger partial charge in [0.15, 0.2) is 0 Å². The van der Waals surface area contributed by atoms with E-state index in [-0.39, 0.29) is 11.1 Å². The summed E-state index contributed by atoms with van der Waals surface area (Å²) in [7, 11) is 0. The van der Waals surface area contributed by atoms with Crippen LogP contribution in [0.25, 0.3) is 21.3 Å². The highest BCUT2D eigenvalue weighted by atomic mass is 35.5. The molecule has 2 aromatic carbocycles. The van der Waals surface area contributed by atoms with Gasteiger partial charge >= 0.3 is 0 Å². The molecular formula is C20H15ClFN3S. The topological polar surface area (TPSA) is 37.8 Å². The summed E-state index contributed by atoms with van der Waals surface area (Å²) in [6.45, 7) is 4.17. The number of hydrogen-bond donors (Lipinski definition) is 1. The van der Waals surface area contributed by atoms with E-state index in [0.717, 1.165) is 27.0 Å². The zero-order chi connectivity index (χ0) is 18.3. The molecule has 0 bridgehead atoms. The van der Waals surface area contributed by atoms with Crippen molar-refractivity contribution in [3.05, 3.63) is 70.1 Å². The van der Waals surface area contributed by atoms with Gasteiger partial charge in [-0.1, -0.05) is 23.8 Å². The van der Waals surface area contributed by atoms with Crippen LogP contribution in [0.4, 0.5) is 15.9 Å². The first kappa shape index (κ1) is 16.9. The van der Waals surface area contributed by atoms with E-state index < -0.39 is 0 Å². The standard InChI is InChI=1S/C20H15ClFN3S/c1-11-3-8-15(12(2)9-11)16-10-26-19-17(16)18(24-20(21)25-19)23-14-6-4-13(22)5-7-14/h3-10H,1-2H3,(H,23,24,25). The molecule has 4 rings (SSSR count). The van der Waals surface area contributed by atoms with Gasteiger partial charge in [0.25, 0.3) is 0 Å². The first-order valence-electron chi connectivity index (χ1n) is 8.06. The molecule has 0 aliphatic carbocycles. The Hall–Kier alpha value is -2.50. The van der Waals surface area contributed by atoms with E-state index in [1.165, 1.54) is 34.6 Å². The van der Waals surface area contributed by atoms with Crippen LogP contribution in [0.2, 0.25) is 5.28 Å². The Morgan fingerprint density at radius 2 is 1.77 bits per heavy atom. The average Bonchev–Trinajstić information content (AvgIpc) is 3.00. The summed E-state index contributed by atoms with van der Waals surface area (Å²) >= 11 is 7.63. The Kier molecular flexibility index (Phi) is 4.34. The second kappa shape index (κ2) is 6.67. The molecule has 2 heterocycles. The first-order chi connectivity index (χ1) is 12.5. The van der Waals surface area contributed by atoms with Crippen LogP contribution in [0.3, 0.4) is 0 Å². The number of aryl methyl sites for hydroxylation is 2. The summed E-state index contributed by atoms with van der Waals surface area (Å²) in [5.41, 5.74) is 5.33. The summed E-state index contributed by atoms with van der Waals surface area (Å²) < 4.78 is 13.2. The van der Waals surface area contributed by atoms with Crippen LogP contribution in [0.5, 0.6) is 0 Å². The summed E-state index contributed by atoms with van der Waals surface area (Å²) in [6, 6.07) is 12.5. The molecule has 0 fully saturated rings. The van der Waals surface area contributed by atoms with Gasteiger partial charge in [0.2, 0.25) is 5.28 Å². The van der Waals surface area contributed by atoms with Crippen LogP contribution in [-0.2, 0) is 0 Å². The molecule has 0 atom stereocenters. The second-order valence-electron chi connectivity index (χ2n) is 6.12. The maximum absolute atomic E-state index is 13.2. The highest BCUT2D eigenvalue weighted by molar-refractivity contribution is 7.17. The van der Waals surface area contributed by atoms with Gasteiger partial charge in [0.05, 0.1) is 5.39 Å². The van der Waals surface area contributed by atoms with E-state index in [9.17, 15) is 4.39 Å². The highest BCUT2D eigenvalue weighted by Gasteiger charge is 2.16. The number of halogens is 2. The molecule has 0 spiro atoms. The largest absolute Gasteiger partial charge is 0.340 e. The lowest BCUT2D eigenvalue weighted by molar-refractivity contribution is 0.628. The molecule has 26 heavy (non-hydrogen) atoms. The van der Waals surface area contributed by atoms with Gasteiger partial charge in [0, 0.05) is 16.6 Å². The Morgan fingerprint density at radius 1 is 1.00 bits per heavy atom. The monoisotopic (exact) mass is 383 g/mol. The zero-order valence-corrected chi connectivity index (χ0v) is 15.7. The fraction of sp³-hybridized carbons (Fsp3) is 0.100. The summed E-state index contributed by atoms with van der Waals surface area (Å²) in [5, 5.41) is 6.41. The molecule has 0 aliphatic heterocycles. The molecule has 0 saturated carbocycles. The molecule has 3 nitrogen and oxygen atoms in total. The van der Waals surface area contributed by atoms with Crippen molar-refractivity contribution < 1.29 is 4.39 Å². The van der Waals surface area contributed by atoms with Crippen molar-refractivity contribution >= 4 is 44.7 Å². The van der Waals surface area contributed by atoms with Crippen molar-refractivity contribution in [1.29, 1.82) is 0 Å². The van der Waals surface area contributed by atoms with Crippen LogP contribution in [0, 0.1) is 19.7 Å². The smallest absolute Gasteiger partial charge is 0.225 e. The molecule has 130 valence electrons. The van der Waals surface area contributed by atoms with Crippen LogP contribution in [-0.4, -0.2) is 9.97 Å². The summed E-state index contributed by atoms with van der Waals surface area (Å²) in [6.07, 6.45) is 0. The first-order valence-corrected chi connectivity index (χ1v) is 9.32. The van der Waals surface area contributed by atoms with Gasteiger partial charge in [-0.25, -0.2) is 9.37 Å². The van der Waals surface area contributed by atoms with E-state index in [0.29, 0.717) is 5.82 Å². The molecule has 0 radical (unpaired) electrons. The average molecular weight is 384 g/mol. The van der Waals surface area contributed by atoms with Crippen LogP contribution in [0.15, 0.2) is 47.8 Å². The van der Waals surface area contributed by atoms with Crippen LogP contribution >= 0.6 is 22.9 Å². The van der Waals surface area contributed by atoms with Crippen molar-refractivity contribution in [1.82, 2.24) is 9.97 Å². The van der Waals surface area contributed by atoms with Crippen molar-refractivity contribution in [3.8, 4) is 11.1 Å². The maximum atomic E-state index is 13.2. The van der Waals surface area contributed by atoms with Crippen molar-refractivity contribution in [3.63, 3.8) is 0 Å². The summed E-state index contributed by atoms with van der Waals surface area (Å²) in [5.74, 6) is 0.329. The van der Waals surface area contributed by atoms with Crippen molar-refractivity contribution in [2.24, 2.45) is 0 Å². The van der Waals surface area contributed by atoms with Gasteiger partial charge in [-0.2, -0.15) is 4.98 Å². The van der Waals surface area contributed by atoms with Gasteiger partial charge in [0.1, 0.15) is 16.5 Å². The number of nitrogens with one attached hydrogen (secondary N) is 1. The molecule has 0 unspecified atom stereocenters. The Bertz CT molecular complexity index is 1110. The van der Waals surface area contributed by atoms with E-state index in [1.807, 2.05) is 0 Å². The Morgan fingerprint density at radius 3 is 2.50 bits per heavy atom. The minimum atomic E-state index is -0.284. The molecule has 2 aromatic heterocycles. The quantitative estimate of drug-likeness (QED) is 0.410. The lowest BCUT2D eigenvalue weighted by Gasteiger charge is -2.11. The number of thiophene rings is 1. The number of rotatable bonds is 3. The Balaban J connectivity index is 1.89. The number of fused-ring (bicyclic) bond motifs is 1. The lowest BCUT2D eigenvalue weighted by Crippen LogP contribution is -1.97. The van der Waals surface area contributed by atoms with Gasteiger partial charge < -0.3 is 5.32 Å². The molecule has 4 aromatic rings. The van der Waals surface area contributed by atoms with Gasteiger partial charge in [-0.3, -0.25) is 0 Å². The van der Waals surface area contributed by atoms with Crippen molar-refractivity contribution in [2.45, 2.75) is 13.8 Å². The summed E-state index contributed by atoms with van der Waals surface area (Å²) in [4.78, 5) is 9.55. The fourth-order valence-corrected chi connectivity index (χ4v) is 4.15. The van der Waals surface area contributed by atoms with Crippen LogP contribution < -0.4 is 5.32 Å². The van der Waals surface area contributed by atoms with Crippen molar-refractivity contribution in [2.75, 3.05) is 5.32 Å². The van der Waals surface area contributed by atoms with E-state index >= 15 is 0 Å². The number of hydrogen-bond acceptors (Lipinski definition) is 4. The minimum Gasteiger partial charge on any atom is -0.340 e. The minimum absolute atomic E-state index is 0.177. The molecule has 1 N–H and O–H groups in total. The molecular weight excluding hydrogens is 369 g/mol. The molecule has 0 aliphatic rings. The second-order valence-corrected chi connectivity index (χ2v) is 7.32.